The van der Waals surface area contributed by atoms with Crippen molar-refractivity contribution in [1.82, 2.24) is 9.80 Å². The van der Waals surface area contributed by atoms with Crippen LogP contribution < -0.4 is 0 Å². The number of likely N-dealkylation sites (N-methyl/N-ethyl adjacent to an activating group) is 1. The molecule has 1 saturated heterocycles. The van der Waals surface area contributed by atoms with Crippen LogP contribution in [0.2, 0.25) is 0 Å². The molecule has 0 saturated carbocycles. The van der Waals surface area contributed by atoms with Gasteiger partial charge in [-0.3, -0.25) is 9.59 Å². The fourth-order valence-electron chi connectivity index (χ4n) is 2.99. The zero-order valence-corrected chi connectivity index (χ0v) is 13.5. The van der Waals surface area contributed by atoms with Crippen LogP contribution in [0.4, 0.5) is 4.39 Å². The van der Waals surface area contributed by atoms with E-state index in [1.807, 2.05) is 13.8 Å². The van der Waals surface area contributed by atoms with Crippen molar-refractivity contribution in [2.45, 2.75) is 26.3 Å². The standard InChI is InChI=1S/C17H23FN2O3/c1-3-19(4-2)11-15(12-5-7-14(18)8-6-12)20-10-13(17(22)23)9-16(20)21/h5-8,13,15H,3-4,9-11H2,1-2H3,(H,22,23). The van der Waals surface area contributed by atoms with Gasteiger partial charge in [0.2, 0.25) is 5.91 Å². The Morgan fingerprint density at radius 2 is 1.96 bits per heavy atom. The number of amides is 1. The molecule has 0 radical (unpaired) electrons. The van der Waals surface area contributed by atoms with Crippen molar-refractivity contribution in [1.29, 1.82) is 0 Å². The van der Waals surface area contributed by atoms with Crippen LogP contribution in [0.5, 0.6) is 0 Å². The van der Waals surface area contributed by atoms with E-state index >= 15 is 0 Å². The van der Waals surface area contributed by atoms with Crippen molar-refractivity contribution < 1.29 is 19.1 Å². The third-order valence-electron chi connectivity index (χ3n) is 4.46. The number of likely N-dealkylation sites (tertiary alicyclic amines) is 1. The van der Waals surface area contributed by atoms with Crippen LogP contribution >= 0.6 is 0 Å². The van der Waals surface area contributed by atoms with Crippen LogP contribution in [0.25, 0.3) is 0 Å². The third kappa shape index (κ3) is 4.07. The third-order valence-corrected chi connectivity index (χ3v) is 4.46. The summed E-state index contributed by atoms with van der Waals surface area (Å²) in [5.74, 6) is -2.09. The van der Waals surface area contributed by atoms with Crippen LogP contribution in [0.1, 0.15) is 31.9 Å². The van der Waals surface area contributed by atoms with Crippen LogP contribution in [-0.4, -0.2) is 53.0 Å². The molecule has 1 fully saturated rings. The Kier molecular flexibility index (Phi) is 5.71. The molecule has 1 amide bonds. The highest BCUT2D eigenvalue weighted by molar-refractivity contribution is 5.86. The normalized spacial score (nSPS) is 19.4. The van der Waals surface area contributed by atoms with E-state index in [9.17, 15) is 19.1 Å². The summed E-state index contributed by atoms with van der Waals surface area (Å²) in [4.78, 5) is 27.3. The predicted octanol–water partition coefficient (Wildman–Crippen LogP) is 2.14. The molecule has 2 rings (SSSR count). The first kappa shape index (κ1) is 17.4. The summed E-state index contributed by atoms with van der Waals surface area (Å²) < 4.78 is 13.2. The number of carbonyl (C=O) groups is 2. The Morgan fingerprint density at radius 1 is 1.35 bits per heavy atom. The van der Waals surface area contributed by atoms with Crippen molar-refractivity contribution in [2.75, 3.05) is 26.2 Å². The molecular formula is C17H23FN2O3. The lowest BCUT2D eigenvalue weighted by atomic mass is 10.0. The van der Waals surface area contributed by atoms with Crippen molar-refractivity contribution in [2.24, 2.45) is 5.92 Å². The topological polar surface area (TPSA) is 60.9 Å². The summed E-state index contributed by atoms with van der Waals surface area (Å²) >= 11 is 0. The monoisotopic (exact) mass is 322 g/mol. The van der Waals surface area contributed by atoms with Crippen LogP contribution in [0.15, 0.2) is 24.3 Å². The lowest BCUT2D eigenvalue weighted by molar-refractivity contribution is -0.141. The molecule has 1 aromatic rings. The first-order valence-corrected chi connectivity index (χ1v) is 7.96. The zero-order chi connectivity index (χ0) is 17.0. The second-order valence-corrected chi connectivity index (χ2v) is 5.84. The average molecular weight is 322 g/mol. The van der Waals surface area contributed by atoms with Crippen molar-refractivity contribution in [3.8, 4) is 0 Å². The van der Waals surface area contributed by atoms with Crippen LogP contribution in [0.3, 0.4) is 0 Å². The highest BCUT2D eigenvalue weighted by Gasteiger charge is 2.38. The van der Waals surface area contributed by atoms with Gasteiger partial charge in [0.15, 0.2) is 0 Å². The number of carboxylic acids is 1. The summed E-state index contributed by atoms with van der Waals surface area (Å²) in [5, 5.41) is 9.17. The molecule has 2 atom stereocenters. The molecule has 0 aromatic heterocycles. The number of nitrogens with zero attached hydrogens (tertiary/aromatic N) is 2. The molecule has 0 bridgehead atoms. The number of benzene rings is 1. The van der Waals surface area contributed by atoms with Crippen molar-refractivity contribution >= 4 is 11.9 Å². The molecular weight excluding hydrogens is 299 g/mol. The summed E-state index contributed by atoms with van der Waals surface area (Å²) in [6, 6.07) is 5.84. The summed E-state index contributed by atoms with van der Waals surface area (Å²) in [5.41, 5.74) is 0.831. The van der Waals surface area contributed by atoms with E-state index in [0.717, 1.165) is 18.7 Å². The Bertz CT molecular complexity index is 557. The fraction of sp³-hybridized carbons (Fsp3) is 0.529. The maximum atomic E-state index is 13.2. The largest absolute Gasteiger partial charge is 0.481 e. The van der Waals surface area contributed by atoms with Gasteiger partial charge in [0.25, 0.3) is 0 Å². The van der Waals surface area contributed by atoms with Gasteiger partial charge in [0.1, 0.15) is 5.82 Å². The molecule has 5 nitrogen and oxygen atoms in total. The second kappa shape index (κ2) is 7.55. The van der Waals surface area contributed by atoms with Crippen molar-refractivity contribution in [3.63, 3.8) is 0 Å². The molecule has 23 heavy (non-hydrogen) atoms. The molecule has 1 N–H and O–H groups in total. The highest BCUT2D eigenvalue weighted by atomic mass is 19.1. The molecule has 6 heteroatoms. The van der Waals surface area contributed by atoms with Gasteiger partial charge in [-0.05, 0) is 30.8 Å². The van der Waals surface area contributed by atoms with Gasteiger partial charge >= 0.3 is 5.97 Å². The number of hydrogen-bond acceptors (Lipinski definition) is 3. The SMILES string of the molecule is CCN(CC)CC(c1ccc(F)cc1)N1CC(C(=O)O)CC1=O. The van der Waals surface area contributed by atoms with E-state index in [2.05, 4.69) is 4.90 Å². The van der Waals surface area contributed by atoms with E-state index in [1.54, 1.807) is 17.0 Å². The first-order chi connectivity index (χ1) is 11.0. The molecule has 0 spiro atoms. The van der Waals surface area contributed by atoms with Gasteiger partial charge in [0.05, 0.1) is 12.0 Å². The molecule has 1 aromatic carbocycles. The summed E-state index contributed by atoms with van der Waals surface area (Å²) in [6.07, 6.45) is 0.0330. The summed E-state index contributed by atoms with van der Waals surface area (Å²) in [7, 11) is 0. The minimum absolute atomic E-state index is 0.0330. The number of rotatable bonds is 7. The van der Waals surface area contributed by atoms with Gasteiger partial charge in [-0.25, -0.2) is 4.39 Å². The predicted molar refractivity (Wildman–Crippen MR) is 84.4 cm³/mol. The Labute approximate surface area is 135 Å². The quantitative estimate of drug-likeness (QED) is 0.835. The maximum Gasteiger partial charge on any atom is 0.308 e. The minimum Gasteiger partial charge on any atom is -0.481 e. The number of carboxylic acid groups (broad SMARTS) is 1. The van der Waals surface area contributed by atoms with Crippen molar-refractivity contribution in [3.05, 3.63) is 35.6 Å². The molecule has 2 unspecified atom stereocenters. The van der Waals surface area contributed by atoms with E-state index in [1.165, 1.54) is 12.1 Å². The molecule has 1 aliphatic heterocycles. The highest BCUT2D eigenvalue weighted by Crippen LogP contribution is 2.30. The first-order valence-electron chi connectivity index (χ1n) is 7.96. The Hall–Kier alpha value is -1.95. The minimum atomic E-state index is -0.943. The smallest absolute Gasteiger partial charge is 0.308 e. The lowest BCUT2D eigenvalue weighted by Gasteiger charge is -2.33. The number of halogens is 1. The van der Waals surface area contributed by atoms with E-state index in [-0.39, 0.29) is 30.7 Å². The van der Waals surface area contributed by atoms with E-state index in [0.29, 0.717) is 6.54 Å². The zero-order valence-electron chi connectivity index (χ0n) is 13.5. The molecule has 0 aliphatic carbocycles. The van der Waals surface area contributed by atoms with Gasteiger partial charge in [0, 0.05) is 19.5 Å². The maximum absolute atomic E-state index is 13.2. The van der Waals surface area contributed by atoms with Gasteiger partial charge in [-0.15, -0.1) is 0 Å². The Morgan fingerprint density at radius 3 is 2.43 bits per heavy atom. The second-order valence-electron chi connectivity index (χ2n) is 5.84. The number of carbonyl (C=O) groups excluding carboxylic acids is 1. The Balaban J connectivity index is 2.27. The van der Waals surface area contributed by atoms with Gasteiger partial charge in [-0.2, -0.15) is 0 Å². The molecule has 126 valence electrons. The van der Waals surface area contributed by atoms with Gasteiger partial charge < -0.3 is 14.9 Å². The number of hydrogen-bond donors (Lipinski definition) is 1. The van der Waals surface area contributed by atoms with Crippen LogP contribution in [0, 0.1) is 11.7 Å². The van der Waals surface area contributed by atoms with E-state index < -0.39 is 11.9 Å². The summed E-state index contributed by atoms with van der Waals surface area (Å²) in [6.45, 7) is 6.56. The van der Waals surface area contributed by atoms with Crippen LogP contribution in [-0.2, 0) is 9.59 Å². The molecule has 1 heterocycles. The number of aliphatic carboxylic acids is 1. The van der Waals surface area contributed by atoms with Gasteiger partial charge in [-0.1, -0.05) is 26.0 Å². The lowest BCUT2D eigenvalue weighted by Crippen LogP contribution is -2.39. The average Bonchev–Trinajstić information content (AvgIpc) is 2.92. The molecule has 1 aliphatic rings. The fourth-order valence-corrected chi connectivity index (χ4v) is 2.99. The van der Waals surface area contributed by atoms with E-state index in [4.69, 9.17) is 0 Å².